The van der Waals surface area contributed by atoms with Gasteiger partial charge in [0.1, 0.15) is 5.82 Å². The predicted molar refractivity (Wildman–Crippen MR) is 95.8 cm³/mol. The van der Waals surface area contributed by atoms with Crippen LogP contribution in [-0.2, 0) is 0 Å². The molecule has 8 nitrogen and oxygen atoms in total. The van der Waals surface area contributed by atoms with Crippen molar-refractivity contribution in [3.8, 4) is 5.82 Å². The van der Waals surface area contributed by atoms with E-state index in [2.05, 4.69) is 31.2 Å². The third kappa shape index (κ3) is 4.54. The van der Waals surface area contributed by atoms with E-state index in [1.807, 2.05) is 49.4 Å². The van der Waals surface area contributed by atoms with Crippen LogP contribution >= 0.6 is 0 Å². The van der Waals surface area contributed by atoms with Gasteiger partial charge in [-0.3, -0.25) is 0 Å². The first-order valence-electron chi connectivity index (χ1n) is 7.90. The summed E-state index contributed by atoms with van der Waals surface area (Å²) in [6.45, 7) is 2.94. The van der Waals surface area contributed by atoms with Crippen molar-refractivity contribution in [2.75, 3.05) is 23.7 Å². The van der Waals surface area contributed by atoms with Crippen LogP contribution in [0, 0.1) is 6.92 Å². The Morgan fingerprint density at radius 2 is 1.96 bits per heavy atom. The van der Waals surface area contributed by atoms with Crippen molar-refractivity contribution < 1.29 is 4.79 Å². The normalized spacial score (nSPS) is 10.3. The SMILES string of the molecule is Cc1ccccc1NC(=O)NCCNc1ccc(-n2cccn2)nn1. The lowest BCUT2D eigenvalue weighted by atomic mass is 10.2. The zero-order valence-corrected chi connectivity index (χ0v) is 13.8. The van der Waals surface area contributed by atoms with Crippen molar-refractivity contribution in [2.24, 2.45) is 0 Å². The minimum atomic E-state index is -0.240. The molecule has 128 valence electrons. The van der Waals surface area contributed by atoms with Crippen molar-refractivity contribution >= 4 is 17.5 Å². The average Bonchev–Trinajstić information content (AvgIpc) is 3.16. The van der Waals surface area contributed by atoms with Gasteiger partial charge in [-0.2, -0.15) is 5.10 Å². The highest BCUT2D eigenvalue weighted by Gasteiger charge is 2.03. The number of carbonyl (C=O) groups excluding carboxylic acids is 1. The molecule has 0 saturated carbocycles. The van der Waals surface area contributed by atoms with Crippen LogP contribution in [0.4, 0.5) is 16.3 Å². The molecule has 3 aromatic rings. The molecule has 0 fully saturated rings. The zero-order chi connectivity index (χ0) is 17.5. The van der Waals surface area contributed by atoms with E-state index in [4.69, 9.17) is 0 Å². The molecule has 3 N–H and O–H groups in total. The van der Waals surface area contributed by atoms with Crippen molar-refractivity contribution in [1.29, 1.82) is 0 Å². The smallest absolute Gasteiger partial charge is 0.319 e. The lowest BCUT2D eigenvalue weighted by molar-refractivity contribution is 0.252. The molecule has 0 bridgehead atoms. The number of nitrogens with zero attached hydrogens (tertiary/aromatic N) is 4. The second kappa shape index (κ2) is 7.91. The Kier molecular flexibility index (Phi) is 5.20. The standard InChI is InChI=1S/C17H19N7O/c1-13-5-2-3-6-14(13)21-17(25)19-11-10-18-15-7-8-16(23-22-15)24-12-4-9-20-24/h2-9,12H,10-11H2,1H3,(H,18,22)(H2,19,21,25). The molecule has 2 aromatic heterocycles. The minimum absolute atomic E-state index is 0.240. The largest absolute Gasteiger partial charge is 0.367 e. The molecule has 8 heteroatoms. The van der Waals surface area contributed by atoms with Gasteiger partial charge in [0, 0.05) is 31.2 Å². The van der Waals surface area contributed by atoms with Crippen LogP contribution < -0.4 is 16.0 Å². The summed E-state index contributed by atoms with van der Waals surface area (Å²) in [5, 5.41) is 21.0. The molecule has 0 spiro atoms. The molecule has 0 radical (unpaired) electrons. The maximum absolute atomic E-state index is 11.9. The molecule has 1 aromatic carbocycles. The summed E-state index contributed by atoms with van der Waals surface area (Å²) >= 11 is 0. The monoisotopic (exact) mass is 337 g/mol. The number of urea groups is 1. The number of hydrogen-bond acceptors (Lipinski definition) is 5. The van der Waals surface area contributed by atoms with Gasteiger partial charge >= 0.3 is 6.03 Å². The number of hydrogen-bond donors (Lipinski definition) is 3. The van der Waals surface area contributed by atoms with Crippen LogP contribution in [0.15, 0.2) is 54.9 Å². The van der Waals surface area contributed by atoms with E-state index >= 15 is 0 Å². The quantitative estimate of drug-likeness (QED) is 0.599. The first-order valence-corrected chi connectivity index (χ1v) is 7.90. The Balaban J connectivity index is 1.41. The topological polar surface area (TPSA) is 96.8 Å². The number of carbonyl (C=O) groups is 1. The highest BCUT2D eigenvalue weighted by Crippen LogP contribution is 2.12. The van der Waals surface area contributed by atoms with E-state index in [1.165, 1.54) is 0 Å². The van der Waals surface area contributed by atoms with Crippen LogP contribution in [0.25, 0.3) is 5.82 Å². The molecular formula is C17H19N7O. The third-order valence-electron chi connectivity index (χ3n) is 3.50. The number of anilines is 2. The van der Waals surface area contributed by atoms with Crippen LogP contribution in [0.1, 0.15) is 5.56 Å². The summed E-state index contributed by atoms with van der Waals surface area (Å²) in [5.74, 6) is 1.28. The molecule has 25 heavy (non-hydrogen) atoms. The van der Waals surface area contributed by atoms with Gasteiger partial charge in [0.2, 0.25) is 0 Å². The number of aryl methyl sites for hydroxylation is 1. The van der Waals surface area contributed by atoms with E-state index in [1.54, 1.807) is 17.1 Å². The van der Waals surface area contributed by atoms with Crippen molar-refractivity contribution in [2.45, 2.75) is 6.92 Å². The second-order valence-electron chi connectivity index (χ2n) is 5.35. The van der Waals surface area contributed by atoms with Gasteiger partial charge in [0.05, 0.1) is 0 Å². The number of para-hydroxylation sites is 1. The van der Waals surface area contributed by atoms with Crippen LogP contribution in [-0.4, -0.2) is 39.1 Å². The molecule has 0 saturated heterocycles. The Morgan fingerprint density at radius 3 is 2.68 bits per heavy atom. The van der Waals surface area contributed by atoms with Crippen molar-refractivity contribution in [3.63, 3.8) is 0 Å². The van der Waals surface area contributed by atoms with Crippen LogP contribution in [0.3, 0.4) is 0 Å². The summed E-state index contributed by atoms with van der Waals surface area (Å²) in [4.78, 5) is 11.9. The summed E-state index contributed by atoms with van der Waals surface area (Å²) in [5.41, 5.74) is 1.82. The van der Waals surface area contributed by atoms with Crippen LogP contribution in [0.5, 0.6) is 0 Å². The highest BCUT2D eigenvalue weighted by atomic mass is 16.2. The summed E-state index contributed by atoms with van der Waals surface area (Å²) in [6.07, 6.45) is 3.48. The van der Waals surface area contributed by atoms with Gasteiger partial charge in [-0.1, -0.05) is 18.2 Å². The van der Waals surface area contributed by atoms with Gasteiger partial charge in [0.15, 0.2) is 5.82 Å². The number of benzene rings is 1. The molecule has 0 unspecified atom stereocenters. The lowest BCUT2D eigenvalue weighted by Crippen LogP contribution is -2.32. The Hall–Kier alpha value is -3.42. The maximum Gasteiger partial charge on any atom is 0.319 e. The number of amides is 2. The number of rotatable bonds is 6. The third-order valence-corrected chi connectivity index (χ3v) is 3.50. The minimum Gasteiger partial charge on any atom is -0.367 e. The average molecular weight is 337 g/mol. The maximum atomic E-state index is 11.9. The Labute approximate surface area is 145 Å². The molecule has 2 amide bonds. The summed E-state index contributed by atoms with van der Waals surface area (Å²) in [6, 6.07) is 12.8. The molecule has 2 heterocycles. The Bertz CT molecular complexity index is 815. The van der Waals surface area contributed by atoms with Gasteiger partial charge in [-0.15, -0.1) is 10.2 Å². The first-order chi connectivity index (χ1) is 12.2. The van der Waals surface area contributed by atoms with Crippen molar-refractivity contribution in [3.05, 3.63) is 60.4 Å². The Morgan fingerprint density at radius 1 is 1.08 bits per heavy atom. The van der Waals surface area contributed by atoms with Gasteiger partial charge in [-0.25, -0.2) is 9.48 Å². The van der Waals surface area contributed by atoms with Crippen molar-refractivity contribution in [1.82, 2.24) is 25.3 Å². The molecule has 0 aliphatic heterocycles. The van der Waals surface area contributed by atoms with Gasteiger partial charge < -0.3 is 16.0 Å². The molecule has 0 atom stereocenters. The van der Waals surface area contributed by atoms with E-state index in [-0.39, 0.29) is 6.03 Å². The summed E-state index contributed by atoms with van der Waals surface area (Å²) in [7, 11) is 0. The summed E-state index contributed by atoms with van der Waals surface area (Å²) < 4.78 is 1.63. The number of aromatic nitrogens is 4. The van der Waals surface area contributed by atoms with Gasteiger partial charge in [-0.05, 0) is 36.8 Å². The van der Waals surface area contributed by atoms with Gasteiger partial charge in [0.25, 0.3) is 0 Å². The highest BCUT2D eigenvalue weighted by molar-refractivity contribution is 5.90. The lowest BCUT2D eigenvalue weighted by Gasteiger charge is -2.10. The van der Waals surface area contributed by atoms with E-state index in [0.717, 1.165) is 11.3 Å². The van der Waals surface area contributed by atoms with E-state index < -0.39 is 0 Å². The number of nitrogens with one attached hydrogen (secondary N) is 3. The fourth-order valence-electron chi connectivity index (χ4n) is 2.19. The molecular weight excluding hydrogens is 318 g/mol. The zero-order valence-electron chi connectivity index (χ0n) is 13.8. The van der Waals surface area contributed by atoms with E-state index in [9.17, 15) is 4.79 Å². The first kappa shape index (κ1) is 16.4. The molecule has 0 aliphatic carbocycles. The fraction of sp³-hybridized carbons (Fsp3) is 0.176. The van der Waals surface area contributed by atoms with E-state index in [0.29, 0.717) is 24.7 Å². The predicted octanol–water partition coefficient (Wildman–Crippen LogP) is 2.20. The second-order valence-corrected chi connectivity index (χ2v) is 5.35. The molecule has 0 aliphatic rings. The van der Waals surface area contributed by atoms with Crippen LogP contribution in [0.2, 0.25) is 0 Å². The fourth-order valence-corrected chi connectivity index (χ4v) is 2.19. The molecule has 3 rings (SSSR count).